The Morgan fingerprint density at radius 3 is 3.12 bits per heavy atom. The summed E-state index contributed by atoms with van der Waals surface area (Å²) in [4.78, 5) is 9.67. The smallest absolute Gasteiger partial charge is 0.185 e. The van der Waals surface area contributed by atoms with Crippen molar-refractivity contribution in [2.75, 3.05) is 31.1 Å². The summed E-state index contributed by atoms with van der Waals surface area (Å²) in [5.41, 5.74) is 1.01. The molecule has 3 rings (SSSR count). The summed E-state index contributed by atoms with van der Waals surface area (Å²) < 4.78 is 0. The van der Waals surface area contributed by atoms with E-state index in [0.29, 0.717) is 5.88 Å². The number of thiazole rings is 1. The first-order valence-corrected chi connectivity index (χ1v) is 7.77. The van der Waals surface area contributed by atoms with Gasteiger partial charge in [0.2, 0.25) is 0 Å². The number of aromatic nitrogens is 1. The van der Waals surface area contributed by atoms with Gasteiger partial charge in [-0.2, -0.15) is 0 Å². The molecule has 0 spiro atoms. The number of piperidine rings is 1. The first-order valence-electron chi connectivity index (χ1n) is 6.36. The van der Waals surface area contributed by atoms with Gasteiger partial charge in [-0.1, -0.05) is 6.42 Å². The predicted molar refractivity (Wildman–Crippen MR) is 73.1 cm³/mol. The van der Waals surface area contributed by atoms with E-state index in [2.05, 4.69) is 20.2 Å². The Labute approximate surface area is 111 Å². The number of nitrogens with zero attached hydrogens (tertiary/aromatic N) is 3. The Morgan fingerprint density at radius 1 is 1.35 bits per heavy atom. The average Bonchev–Trinajstić information content (AvgIpc) is 2.87. The van der Waals surface area contributed by atoms with Crippen LogP contribution in [0.5, 0.6) is 0 Å². The summed E-state index contributed by atoms with van der Waals surface area (Å²) in [5.74, 6) is 0.528. The van der Waals surface area contributed by atoms with Gasteiger partial charge in [-0.25, -0.2) is 4.98 Å². The molecule has 1 atom stereocenters. The van der Waals surface area contributed by atoms with Gasteiger partial charge in [0.15, 0.2) is 5.13 Å². The van der Waals surface area contributed by atoms with E-state index < -0.39 is 0 Å². The van der Waals surface area contributed by atoms with Gasteiger partial charge in [-0.15, -0.1) is 22.9 Å². The van der Waals surface area contributed by atoms with Crippen LogP contribution in [0.4, 0.5) is 5.13 Å². The molecule has 2 aliphatic rings. The SMILES string of the molecule is ClCc1csc(N2CCN3CCCCC3C2)n1. The first-order chi connectivity index (χ1) is 8.36. The van der Waals surface area contributed by atoms with Gasteiger partial charge in [0.25, 0.3) is 0 Å². The van der Waals surface area contributed by atoms with E-state index in [1.807, 2.05) is 0 Å². The lowest BCUT2D eigenvalue weighted by atomic mass is 10.00. The highest BCUT2D eigenvalue weighted by Gasteiger charge is 2.29. The highest BCUT2D eigenvalue weighted by atomic mass is 35.5. The third-order valence-electron chi connectivity index (χ3n) is 3.78. The number of piperazine rings is 1. The van der Waals surface area contributed by atoms with Crippen LogP contribution in [0.25, 0.3) is 0 Å². The van der Waals surface area contributed by atoms with Crippen LogP contribution >= 0.6 is 22.9 Å². The summed E-state index contributed by atoms with van der Waals surface area (Å²) in [5, 5.41) is 3.24. The van der Waals surface area contributed by atoms with E-state index in [0.717, 1.165) is 30.0 Å². The van der Waals surface area contributed by atoms with Crippen LogP contribution in [-0.4, -0.2) is 42.1 Å². The fraction of sp³-hybridized carbons (Fsp3) is 0.750. The van der Waals surface area contributed by atoms with E-state index >= 15 is 0 Å². The molecule has 0 saturated carbocycles. The molecule has 17 heavy (non-hydrogen) atoms. The van der Waals surface area contributed by atoms with Crippen LogP contribution in [-0.2, 0) is 5.88 Å². The van der Waals surface area contributed by atoms with Crippen molar-refractivity contribution in [2.45, 2.75) is 31.2 Å². The molecule has 1 unspecified atom stereocenters. The predicted octanol–water partition coefficient (Wildman–Crippen LogP) is 2.56. The number of fused-ring (bicyclic) bond motifs is 1. The van der Waals surface area contributed by atoms with Gasteiger partial charge in [0.05, 0.1) is 11.6 Å². The normalized spacial score (nSPS) is 25.9. The van der Waals surface area contributed by atoms with Gasteiger partial charge < -0.3 is 4.90 Å². The highest BCUT2D eigenvalue weighted by molar-refractivity contribution is 7.13. The van der Waals surface area contributed by atoms with Crippen LogP contribution in [0.2, 0.25) is 0 Å². The van der Waals surface area contributed by atoms with E-state index in [9.17, 15) is 0 Å². The lowest BCUT2D eigenvalue weighted by Crippen LogP contribution is -2.54. The first kappa shape index (κ1) is 11.8. The van der Waals surface area contributed by atoms with Crippen LogP contribution in [0.3, 0.4) is 0 Å². The van der Waals surface area contributed by atoms with E-state index in [1.165, 1.54) is 32.4 Å². The van der Waals surface area contributed by atoms with Crippen molar-refractivity contribution in [1.29, 1.82) is 0 Å². The molecule has 2 fully saturated rings. The molecule has 3 nitrogen and oxygen atoms in total. The van der Waals surface area contributed by atoms with Crippen molar-refractivity contribution in [3.63, 3.8) is 0 Å². The molecule has 0 bridgehead atoms. The molecule has 0 aliphatic carbocycles. The molecular formula is C12H18ClN3S. The van der Waals surface area contributed by atoms with Crippen LogP contribution in [0, 0.1) is 0 Å². The Morgan fingerprint density at radius 2 is 2.29 bits per heavy atom. The van der Waals surface area contributed by atoms with E-state index in [4.69, 9.17) is 11.6 Å². The molecule has 0 N–H and O–H groups in total. The number of hydrogen-bond donors (Lipinski definition) is 0. The summed E-state index contributed by atoms with van der Waals surface area (Å²) in [6.45, 7) is 4.75. The number of rotatable bonds is 2. The van der Waals surface area contributed by atoms with Crippen molar-refractivity contribution >= 4 is 28.1 Å². The fourth-order valence-corrected chi connectivity index (χ4v) is 3.92. The Hall–Kier alpha value is -0.320. The average molecular weight is 272 g/mol. The Balaban J connectivity index is 1.68. The van der Waals surface area contributed by atoms with Crippen molar-refractivity contribution in [3.05, 3.63) is 11.1 Å². The number of anilines is 1. The largest absolute Gasteiger partial charge is 0.345 e. The molecular weight excluding hydrogens is 254 g/mol. The van der Waals surface area contributed by atoms with Gasteiger partial charge in [-0.05, 0) is 19.4 Å². The topological polar surface area (TPSA) is 19.4 Å². The Kier molecular flexibility index (Phi) is 3.54. The zero-order valence-electron chi connectivity index (χ0n) is 9.94. The van der Waals surface area contributed by atoms with Crippen molar-refractivity contribution in [3.8, 4) is 0 Å². The maximum atomic E-state index is 5.81. The molecule has 0 aromatic carbocycles. The second-order valence-electron chi connectivity index (χ2n) is 4.89. The third kappa shape index (κ3) is 2.44. The van der Waals surface area contributed by atoms with Gasteiger partial charge >= 0.3 is 0 Å². The standard InChI is InChI=1S/C12H18ClN3S/c13-7-10-9-17-12(14-10)16-6-5-15-4-2-1-3-11(15)8-16/h9,11H,1-8H2. The second kappa shape index (κ2) is 5.12. The van der Waals surface area contributed by atoms with Crippen LogP contribution < -0.4 is 4.90 Å². The Bertz CT molecular complexity index is 382. The zero-order valence-corrected chi connectivity index (χ0v) is 11.5. The van der Waals surface area contributed by atoms with Crippen LogP contribution in [0.1, 0.15) is 25.0 Å². The maximum Gasteiger partial charge on any atom is 0.185 e. The van der Waals surface area contributed by atoms with Crippen molar-refractivity contribution in [1.82, 2.24) is 9.88 Å². The minimum atomic E-state index is 0.528. The maximum absolute atomic E-state index is 5.81. The van der Waals surface area contributed by atoms with Crippen LogP contribution in [0.15, 0.2) is 5.38 Å². The van der Waals surface area contributed by atoms with Crippen molar-refractivity contribution in [2.24, 2.45) is 0 Å². The minimum Gasteiger partial charge on any atom is -0.345 e. The number of hydrogen-bond acceptors (Lipinski definition) is 4. The molecule has 5 heteroatoms. The third-order valence-corrected chi connectivity index (χ3v) is 5.01. The molecule has 0 amide bonds. The molecule has 3 heterocycles. The summed E-state index contributed by atoms with van der Waals surface area (Å²) >= 11 is 7.54. The summed E-state index contributed by atoms with van der Waals surface area (Å²) in [6.07, 6.45) is 4.12. The van der Waals surface area contributed by atoms with E-state index in [1.54, 1.807) is 11.3 Å². The fourth-order valence-electron chi connectivity index (χ4n) is 2.83. The van der Waals surface area contributed by atoms with E-state index in [-0.39, 0.29) is 0 Å². The monoisotopic (exact) mass is 271 g/mol. The molecule has 2 saturated heterocycles. The lowest BCUT2D eigenvalue weighted by molar-refractivity contribution is 0.133. The quantitative estimate of drug-likeness (QED) is 0.771. The summed E-state index contributed by atoms with van der Waals surface area (Å²) in [7, 11) is 0. The summed E-state index contributed by atoms with van der Waals surface area (Å²) in [6, 6.07) is 0.751. The van der Waals surface area contributed by atoms with Gasteiger partial charge in [-0.3, -0.25) is 4.90 Å². The molecule has 1 aromatic rings. The van der Waals surface area contributed by atoms with Crippen molar-refractivity contribution < 1.29 is 0 Å². The lowest BCUT2D eigenvalue weighted by Gasteiger charge is -2.44. The molecule has 1 aromatic heterocycles. The van der Waals surface area contributed by atoms with Gasteiger partial charge in [0.1, 0.15) is 0 Å². The number of alkyl halides is 1. The minimum absolute atomic E-state index is 0.528. The van der Waals surface area contributed by atoms with Gasteiger partial charge in [0, 0.05) is 31.1 Å². The number of halogens is 1. The molecule has 2 aliphatic heterocycles. The highest BCUT2D eigenvalue weighted by Crippen LogP contribution is 2.27. The second-order valence-corrected chi connectivity index (χ2v) is 5.99. The zero-order chi connectivity index (χ0) is 11.7. The molecule has 0 radical (unpaired) electrons. The molecule has 94 valence electrons.